The molecule has 0 heterocycles. The molecular weight excluding hydrogens is 272 g/mol. The summed E-state index contributed by atoms with van der Waals surface area (Å²) in [5.74, 6) is 0.177. The number of likely N-dealkylation sites (N-methyl/N-ethyl adjacent to an activating group) is 1. The number of aliphatic imine (C=N–C) groups is 1. The number of rotatable bonds is 4. The van der Waals surface area contributed by atoms with Gasteiger partial charge in [-0.2, -0.15) is 0 Å². The van der Waals surface area contributed by atoms with Gasteiger partial charge in [-0.05, 0) is 32.1 Å². The summed E-state index contributed by atoms with van der Waals surface area (Å²) in [6, 6.07) is 19.7. The van der Waals surface area contributed by atoms with Crippen LogP contribution in [0.25, 0.3) is 0 Å². The third-order valence-corrected chi connectivity index (χ3v) is 3.09. The van der Waals surface area contributed by atoms with Crippen LogP contribution in [-0.4, -0.2) is 38.0 Å². The molecule has 0 bridgehead atoms. The van der Waals surface area contributed by atoms with Gasteiger partial charge in [0.05, 0.1) is 6.04 Å². The van der Waals surface area contributed by atoms with E-state index in [9.17, 15) is 4.79 Å². The molecule has 0 aliphatic carbocycles. The Hall–Kier alpha value is -2.26. The highest BCUT2D eigenvalue weighted by molar-refractivity contribution is 5.82. The lowest BCUT2D eigenvalue weighted by atomic mass is 10.0. The molecule has 116 valence electrons. The molecule has 0 aliphatic heterocycles. The first-order valence-electron chi connectivity index (χ1n) is 7.25. The molecule has 0 aliphatic rings. The van der Waals surface area contributed by atoms with E-state index in [0.717, 1.165) is 11.1 Å². The second kappa shape index (κ2) is 9.64. The summed E-state index contributed by atoms with van der Waals surface area (Å²) in [6.45, 7) is 1.62. The van der Waals surface area contributed by atoms with Crippen LogP contribution in [0.3, 0.4) is 0 Å². The minimum absolute atomic E-state index is 0.110. The molecule has 1 atom stereocenters. The summed E-state index contributed by atoms with van der Waals surface area (Å²) in [7, 11) is 5.60. The molecule has 0 spiro atoms. The summed E-state index contributed by atoms with van der Waals surface area (Å²) in [4.78, 5) is 17.2. The summed E-state index contributed by atoms with van der Waals surface area (Å²) in [6.07, 6.45) is 1.83. The SMILES string of the molecule is CC(=O)C(c1ccccc1)N(C)C.CN=Cc1ccccc1. The van der Waals surface area contributed by atoms with Gasteiger partial charge in [-0.25, -0.2) is 0 Å². The zero-order chi connectivity index (χ0) is 16.4. The van der Waals surface area contributed by atoms with Gasteiger partial charge in [0.2, 0.25) is 0 Å². The predicted octanol–water partition coefficient (Wildman–Crippen LogP) is 3.61. The smallest absolute Gasteiger partial charge is 0.151 e. The Labute approximate surface area is 133 Å². The second-order valence-electron chi connectivity index (χ2n) is 5.19. The molecule has 2 aromatic rings. The first-order chi connectivity index (χ1) is 10.6. The first-order valence-corrected chi connectivity index (χ1v) is 7.25. The van der Waals surface area contributed by atoms with E-state index in [1.165, 1.54) is 0 Å². The fourth-order valence-electron chi connectivity index (χ4n) is 2.22. The molecule has 0 N–H and O–H groups in total. The average Bonchev–Trinajstić information content (AvgIpc) is 2.50. The molecule has 0 fully saturated rings. The van der Waals surface area contributed by atoms with Gasteiger partial charge in [-0.1, -0.05) is 60.7 Å². The summed E-state index contributed by atoms with van der Waals surface area (Å²) < 4.78 is 0. The molecule has 2 rings (SSSR count). The Kier molecular flexibility index (Phi) is 7.79. The quantitative estimate of drug-likeness (QED) is 0.807. The van der Waals surface area contributed by atoms with Gasteiger partial charge in [0.15, 0.2) is 5.78 Å². The molecule has 1 unspecified atom stereocenters. The van der Waals surface area contributed by atoms with Gasteiger partial charge in [0, 0.05) is 13.3 Å². The second-order valence-corrected chi connectivity index (χ2v) is 5.19. The highest BCUT2D eigenvalue weighted by atomic mass is 16.1. The van der Waals surface area contributed by atoms with Gasteiger partial charge in [0.1, 0.15) is 0 Å². The number of nitrogens with zero attached hydrogens (tertiary/aromatic N) is 2. The minimum atomic E-state index is -0.110. The van der Waals surface area contributed by atoms with Crippen molar-refractivity contribution >= 4 is 12.0 Å². The van der Waals surface area contributed by atoms with Gasteiger partial charge >= 0.3 is 0 Å². The number of carbonyl (C=O) groups excluding carboxylic acids is 1. The van der Waals surface area contributed by atoms with E-state index in [0.29, 0.717) is 0 Å². The third kappa shape index (κ3) is 6.02. The summed E-state index contributed by atoms with van der Waals surface area (Å²) >= 11 is 0. The molecule has 0 saturated carbocycles. The van der Waals surface area contributed by atoms with Crippen LogP contribution >= 0.6 is 0 Å². The number of hydrogen-bond donors (Lipinski definition) is 0. The van der Waals surface area contributed by atoms with Crippen molar-refractivity contribution in [3.63, 3.8) is 0 Å². The maximum atomic E-state index is 11.3. The van der Waals surface area contributed by atoms with Crippen molar-refractivity contribution < 1.29 is 4.79 Å². The van der Waals surface area contributed by atoms with Crippen LogP contribution in [0, 0.1) is 0 Å². The van der Waals surface area contributed by atoms with Gasteiger partial charge < -0.3 is 0 Å². The first kappa shape index (κ1) is 17.8. The van der Waals surface area contributed by atoms with Crippen LogP contribution in [0.2, 0.25) is 0 Å². The Bertz CT molecular complexity index is 577. The van der Waals surface area contributed by atoms with Crippen molar-refractivity contribution in [1.29, 1.82) is 0 Å². The number of ketones is 1. The maximum Gasteiger partial charge on any atom is 0.151 e. The lowest BCUT2D eigenvalue weighted by molar-refractivity contribution is -0.121. The Morgan fingerprint density at radius 2 is 1.50 bits per heavy atom. The zero-order valence-corrected chi connectivity index (χ0v) is 13.7. The topological polar surface area (TPSA) is 32.7 Å². The van der Waals surface area contributed by atoms with E-state index in [1.807, 2.05) is 85.9 Å². The number of benzene rings is 2. The lowest BCUT2D eigenvalue weighted by Gasteiger charge is -2.21. The average molecular weight is 296 g/mol. The van der Waals surface area contributed by atoms with E-state index < -0.39 is 0 Å². The molecule has 2 aromatic carbocycles. The molecule has 3 heteroatoms. The van der Waals surface area contributed by atoms with Crippen LogP contribution < -0.4 is 0 Å². The molecule has 22 heavy (non-hydrogen) atoms. The van der Waals surface area contributed by atoms with Crippen LogP contribution in [0.4, 0.5) is 0 Å². The van der Waals surface area contributed by atoms with Gasteiger partial charge in [-0.3, -0.25) is 14.7 Å². The fourth-order valence-corrected chi connectivity index (χ4v) is 2.22. The fraction of sp³-hybridized carbons (Fsp3) is 0.263. The van der Waals surface area contributed by atoms with Crippen LogP contribution in [0.1, 0.15) is 24.1 Å². The van der Waals surface area contributed by atoms with E-state index in [4.69, 9.17) is 0 Å². The number of Topliss-reactive ketones (excluding diaryl/α,β-unsaturated/α-hetero) is 1. The van der Waals surface area contributed by atoms with E-state index in [2.05, 4.69) is 4.99 Å². The highest BCUT2D eigenvalue weighted by Crippen LogP contribution is 2.18. The summed E-state index contributed by atoms with van der Waals surface area (Å²) in [5.41, 5.74) is 2.21. The number of carbonyl (C=O) groups is 1. The van der Waals surface area contributed by atoms with Crippen molar-refractivity contribution in [2.75, 3.05) is 21.1 Å². The molecule has 0 radical (unpaired) electrons. The van der Waals surface area contributed by atoms with Crippen molar-refractivity contribution in [2.45, 2.75) is 13.0 Å². The number of hydrogen-bond acceptors (Lipinski definition) is 3. The van der Waals surface area contributed by atoms with Crippen LogP contribution in [0.15, 0.2) is 65.7 Å². The van der Waals surface area contributed by atoms with E-state index in [1.54, 1.807) is 14.0 Å². The lowest BCUT2D eigenvalue weighted by Crippen LogP contribution is -2.25. The molecule has 0 aromatic heterocycles. The van der Waals surface area contributed by atoms with Gasteiger partial charge in [-0.15, -0.1) is 0 Å². The Balaban J connectivity index is 0.000000235. The highest BCUT2D eigenvalue weighted by Gasteiger charge is 2.17. The third-order valence-electron chi connectivity index (χ3n) is 3.09. The van der Waals surface area contributed by atoms with Crippen molar-refractivity contribution in [1.82, 2.24) is 4.90 Å². The monoisotopic (exact) mass is 296 g/mol. The predicted molar refractivity (Wildman–Crippen MR) is 93.5 cm³/mol. The van der Waals surface area contributed by atoms with Crippen LogP contribution in [-0.2, 0) is 4.79 Å². The minimum Gasteiger partial charge on any atom is -0.298 e. The van der Waals surface area contributed by atoms with Gasteiger partial charge in [0.25, 0.3) is 0 Å². The van der Waals surface area contributed by atoms with Crippen molar-refractivity contribution in [2.24, 2.45) is 4.99 Å². The van der Waals surface area contributed by atoms with E-state index >= 15 is 0 Å². The van der Waals surface area contributed by atoms with Crippen LogP contribution in [0.5, 0.6) is 0 Å². The Morgan fingerprint density at radius 3 is 1.91 bits per heavy atom. The molecule has 0 saturated heterocycles. The molecule has 3 nitrogen and oxygen atoms in total. The van der Waals surface area contributed by atoms with E-state index in [-0.39, 0.29) is 11.8 Å². The Morgan fingerprint density at radius 1 is 1.00 bits per heavy atom. The summed E-state index contributed by atoms with van der Waals surface area (Å²) in [5, 5.41) is 0. The van der Waals surface area contributed by atoms with Crippen molar-refractivity contribution in [3.8, 4) is 0 Å². The molecular formula is C19H24N2O. The molecule has 0 amide bonds. The van der Waals surface area contributed by atoms with Crippen molar-refractivity contribution in [3.05, 3.63) is 71.8 Å². The maximum absolute atomic E-state index is 11.3. The largest absolute Gasteiger partial charge is 0.298 e. The standard InChI is InChI=1S/C11H15NO.C8H9N/c1-9(13)11(12(2)3)10-7-5-4-6-8-10;1-9-7-8-5-3-2-4-6-8/h4-8,11H,1-3H3;2-7H,1H3. The normalized spacial score (nSPS) is 11.9. The zero-order valence-electron chi connectivity index (χ0n) is 13.7.